The van der Waals surface area contributed by atoms with Crippen molar-refractivity contribution in [3.8, 4) is 6.19 Å². The molecule has 6 heteroatoms. The maximum atomic E-state index is 8.07. The van der Waals surface area contributed by atoms with Crippen LogP contribution in [0.1, 0.15) is 5.56 Å². The third-order valence-electron chi connectivity index (χ3n) is 1.48. The largest absolute Gasteiger partial charge is 1.00 e. The third kappa shape index (κ3) is 3.64. The van der Waals surface area contributed by atoms with Crippen LogP contribution in [0.25, 0.3) is 5.43 Å². The van der Waals surface area contributed by atoms with Gasteiger partial charge in [-0.2, -0.15) is 5.22 Å². The minimum absolute atomic E-state index is 0. The van der Waals surface area contributed by atoms with Crippen LogP contribution in [0.4, 0.5) is 5.69 Å². The van der Waals surface area contributed by atoms with Gasteiger partial charge in [0.15, 0.2) is 0 Å². The summed E-state index contributed by atoms with van der Waals surface area (Å²) >= 11 is 5.83. The maximum Gasteiger partial charge on any atom is 1.00 e. The monoisotopic (exact) mass is 216 g/mol. The van der Waals surface area contributed by atoms with Gasteiger partial charge >= 0.3 is 29.6 Å². The Kier molecular flexibility index (Phi) is 6.50. The molecule has 0 bridgehead atoms. The topological polar surface area (TPSA) is 62.6 Å². The molecule has 1 rings (SSSR count). The number of nitrogens with zero attached hydrogens (tertiary/aromatic N) is 4. The van der Waals surface area contributed by atoms with E-state index in [-0.39, 0.29) is 29.6 Å². The Morgan fingerprint density at radius 2 is 2.21 bits per heavy atom. The van der Waals surface area contributed by atoms with Gasteiger partial charge in [-0.15, -0.1) is 0 Å². The molecule has 0 heterocycles. The summed E-state index contributed by atoms with van der Waals surface area (Å²) in [4.78, 5) is 0. The Bertz CT molecular complexity index is 372. The van der Waals surface area contributed by atoms with Crippen molar-refractivity contribution in [1.82, 2.24) is 0 Å². The molecular formula is C8H6ClN4Na. The number of halogens is 1. The molecule has 0 aliphatic rings. The number of nitriles is 1. The molecule has 1 aromatic carbocycles. The van der Waals surface area contributed by atoms with Gasteiger partial charge in [0.1, 0.15) is 0 Å². The number of hydrogen-bond donors (Lipinski definition) is 0. The minimum Gasteiger partial charge on any atom is -0.384 e. The van der Waals surface area contributed by atoms with Crippen molar-refractivity contribution >= 4 is 17.3 Å². The quantitative estimate of drug-likeness (QED) is 0.307. The van der Waals surface area contributed by atoms with Crippen LogP contribution in [-0.2, 0) is 0 Å². The van der Waals surface area contributed by atoms with Crippen molar-refractivity contribution in [2.45, 2.75) is 6.92 Å². The van der Waals surface area contributed by atoms with Gasteiger partial charge in [-0.1, -0.05) is 23.7 Å². The zero-order chi connectivity index (χ0) is 9.68. The zero-order valence-electron chi connectivity index (χ0n) is 7.90. The summed E-state index contributed by atoms with van der Waals surface area (Å²) in [6.07, 6.45) is 1.50. The second-order valence-corrected chi connectivity index (χ2v) is 2.68. The fourth-order valence-electron chi connectivity index (χ4n) is 0.795. The van der Waals surface area contributed by atoms with Gasteiger partial charge in [-0.25, -0.2) is 5.43 Å². The Hall–Kier alpha value is -0.600. The number of hydrogen-bond acceptors (Lipinski definition) is 3. The van der Waals surface area contributed by atoms with E-state index < -0.39 is 0 Å². The summed E-state index contributed by atoms with van der Waals surface area (Å²) in [6.45, 7) is 1.82. The van der Waals surface area contributed by atoms with Crippen LogP contribution in [-0.4, -0.2) is 0 Å². The predicted octanol–water partition coefficient (Wildman–Crippen LogP) is 0.506. The van der Waals surface area contributed by atoms with Gasteiger partial charge in [0, 0.05) is 16.9 Å². The first kappa shape index (κ1) is 13.4. The van der Waals surface area contributed by atoms with Crippen molar-refractivity contribution in [2.75, 3.05) is 0 Å². The van der Waals surface area contributed by atoms with Gasteiger partial charge in [-0.05, 0) is 18.6 Å². The first-order chi connectivity index (χ1) is 6.25. The van der Waals surface area contributed by atoms with Gasteiger partial charge in [0.25, 0.3) is 0 Å². The molecule has 0 spiro atoms. The SMILES string of the molecule is Cc1c(Cl)cccc1N=N[N-]C#N.[Na+]. The Morgan fingerprint density at radius 1 is 1.50 bits per heavy atom. The summed E-state index contributed by atoms with van der Waals surface area (Å²) < 4.78 is 0. The molecule has 0 fully saturated rings. The molecule has 4 nitrogen and oxygen atoms in total. The van der Waals surface area contributed by atoms with E-state index >= 15 is 0 Å². The van der Waals surface area contributed by atoms with Gasteiger partial charge in [0.05, 0.1) is 0 Å². The van der Waals surface area contributed by atoms with E-state index in [9.17, 15) is 0 Å². The third-order valence-corrected chi connectivity index (χ3v) is 1.89. The fourth-order valence-corrected chi connectivity index (χ4v) is 0.965. The first-order valence-corrected chi connectivity index (χ1v) is 3.88. The van der Waals surface area contributed by atoms with Gasteiger partial charge < -0.3 is 5.26 Å². The molecule has 0 amide bonds. The molecular weight excluding hydrogens is 211 g/mol. The molecule has 0 N–H and O–H groups in total. The molecule has 0 unspecified atom stereocenters. The standard InChI is InChI=1S/C8H6ClN4.Na/c1-6-7(9)3-2-4-8(6)12-13-11-5-10;/h2-4H,1H3;/q-1;+1. The molecule has 0 saturated carbocycles. The number of benzene rings is 1. The van der Waals surface area contributed by atoms with Crippen molar-refractivity contribution in [1.29, 1.82) is 5.26 Å². The van der Waals surface area contributed by atoms with Gasteiger partial charge in [0.2, 0.25) is 0 Å². The van der Waals surface area contributed by atoms with E-state index in [2.05, 4.69) is 15.8 Å². The van der Waals surface area contributed by atoms with Crippen LogP contribution in [0.3, 0.4) is 0 Å². The Labute approximate surface area is 109 Å². The molecule has 0 saturated heterocycles. The van der Waals surface area contributed by atoms with Crippen molar-refractivity contribution in [2.24, 2.45) is 10.3 Å². The van der Waals surface area contributed by atoms with Crippen molar-refractivity contribution in [3.63, 3.8) is 0 Å². The molecule has 66 valence electrons. The van der Waals surface area contributed by atoms with Crippen LogP contribution >= 0.6 is 11.6 Å². The van der Waals surface area contributed by atoms with E-state index in [1.165, 1.54) is 6.19 Å². The molecule has 0 aliphatic heterocycles. The summed E-state index contributed by atoms with van der Waals surface area (Å²) in [5.74, 6) is 0. The van der Waals surface area contributed by atoms with E-state index in [1.54, 1.807) is 18.2 Å². The Morgan fingerprint density at radius 3 is 2.86 bits per heavy atom. The summed E-state index contributed by atoms with van der Waals surface area (Å²) in [5.41, 5.74) is 4.50. The smallest absolute Gasteiger partial charge is 0.384 e. The molecule has 14 heavy (non-hydrogen) atoms. The summed E-state index contributed by atoms with van der Waals surface area (Å²) in [7, 11) is 0. The van der Waals surface area contributed by atoms with Crippen LogP contribution < -0.4 is 29.6 Å². The molecule has 0 aromatic heterocycles. The van der Waals surface area contributed by atoms with Gasteiger partial charge in [-0.3, -0.25) is 5.11 Å². The summed E-state index contributed by atoms with van der Waals surface area (Å²) in [6, 6.07) is 5.27. The molecule has 0 aliphatic carbocycles. The average molecular weight is 217 g/mol. The average Bonchev–Trinajstić information content (AvgIpc) is 2.13. The van der Waals surface area contributed by atoms with E-state index in [4.69, 9.17) is 16.9 Å². The molecule has 1 aromatic rings. The summed E-state index contributed by atoms with van der Waals surface area (Å²) in [5, 5.41) is 15.7. The second kappa shape index (κ2) is 6.80. The predicted molar refractivity (Wildman–Crippen MR) is 49.7 cm³/mol. The van der Waals surface area contributed by atoms with Crippen LogP contribution in [0, 0.1) is 18.4 Å². The normalized spacial score (nSPS) is 9.21. The van der Waals surface area contributed by atoms with Crippen molar-refractivity contribution < 1.29 is 29.6 Å². The van der Waals surface area contributed by atoms with Crippen LogP contribution in [0.5, 0.6) is 0 Å². The van der Waals surface area contributed by atoms with Crippen LogP contribution in [0.2, 0.25) is 5.02 Å². The van der Waals surface area contributed by atoms with Crippen LogP contribution in [0.15, 0.2) is 28.5 Å². The number of rotatable bonds is 2. The fraction of sp³-hybridized carbons (Fsp3) is 0.125. The first-order valence-electron chi connectivity index (χ1n) is 3.50. The maximum absolute atomic E-state index is 8.07. The van der Waals surface area contributed by atoms with E-state index in [0.29, 0.717) is 10.7 Å². The Balaban J connectivity index is 0.00000169. The zero-order valence-corrected chi connectivity index (χ0v) is 10.7. The van der Waals surface area contributed by atoms with E-state index in [0.717, 1.165) is 5.56 Å². The second-order valence-electron chi connectivity index (χ2n) is 2.27. The van der Waals surface area contributed by atoms with Crippen molar-refractivity contribution in [3.05, 3.63) is 34.2 Å². The minimum atomic E-state index is 0. The van der Waals surface area contributed by atoms with E-state index in [1.807, 2.05) is 6.92 Å². The molecule has 0 radical (unpaired) electrons. The molecule has 0 atom stereocenters.